The van der Waals surface area contributed by atoms with Gasteiger partial charge in [-0.3, -0.25) is 4.98 Å². The van der Waals surface area contributed by atoms with Crippen molar-refractivity contribution in [2.75, 3.05) is 11.9 Å². The van der Waals surface area contributed by atoms with Crippen LogP contribution in [0.25, 0.3) is 0 Å². The quantitative estimate of drug-likeness (QED) is 0.899. The fraction of sp³-hybridized carbons (Fsp3) is 0.357. The Morgan fingerprint density at radius 1 is 1.33 bits per heavy atom. The lowest BCUT2D eigenvalue weighted by molar-refractivity contribution is 0.481. The van der Waals surface area contributed by atoms with Crippen LogP contribution in [0.4, 0.5) is 5.69 Å². The molecule has 0 saturated carbocycles. The van der Waals surface area contributed by atoms with Crippen LogP contribution < -0.4 is 10.6 Å². The van der Waals surface area contributed by atoms with Crippen molar-refractivity contribution in [2.24, 2.45) is 5.73 Å². The van der Waals surface area contributed by atoms with Gasteiger partial charge in [0.05, 0.1) is 24.1 Å². The smallest absolute Gasteiger partial charge is 0.123 e. The van der Waals surface area contributed by atoms with Gasteiger partial charge in [0.1, 0.15) is 11.5 Å². The predicted octanol–water partition coefficient (Wildman–Crippen LogP) is 2.64. The molecule has 2 aromatic heterocycles. The topological polar surface area (TPSA) is 55.3 Å². The lowest BCUT2D eigenvalue weighted by Gasteiger charge is -2.18. The third kappa shape index (κ3) is 2.90. The van der Waals surface area contributed by atoms with Crippen LogP contribution in [-0.4, -0.2) is 12.0 Å². The monoisotopic (exact) mass is 245 g/mol. The minimum atomic E-state index is -0.0305. The fourth-order valence-electron chi connectivity index (χ4n) is 1.79. The molecule has 1 atom stereocenters. The fourth-order valence-corrected chi connectivity index (χ4v) is 1.79. The Kier molecular flexibility index (Phi) is 3.67. The van der Waals surface area contributed by atoms with Crippen LogP contribution >= 0.6 is 0 Å². The molecule has 0 amide bonds. The number of anilines is 1. The second-order valence-corrected chi connectivity index (χ2v) is 4.60. The molecule has 0 bridgehead atoms. The maximum atomic E-state index is 5.78. The molecule has 2 N–H and O–H groups in total. The molecule has 0 unspecified atom stereocenters. The summed E-state index contributed by atoms with van der Waals surface area (Å²) in [5.74, 6) is 1.88. The van der Waals surface area contributed by atoms with Crippen LogP contribution in [0.1, 0.15) is 30.2 Å². The highest BCUT2D eigenvalue weighted by Gasteiger charge is 2.07. The third-order valence-corrected chi connectivity index (χ3v) is 2.87. The van der Waals surface area contributed by atoms with Gasteiger partial charge in [0, 0.05) is 13.1 Å². The molecule has 0 aliphatic rings. The summed E-state index contributed by atoms with van der Waals surface area (Å²) < 4.78 is 5.56. The van der Waals surface area contributed by atoms with Gasteiger partial charge in [-0.1, -0.05) is 0 Å². The molecule has 0 fully saturated rings. The van der Waals surface area contributed by atoms with Crippen molar-refractivity contribution < 1.29 is 4.42 Å². The Hall–Kier alpha value is -1.81. The molecule has 2 rings (SSSR count). The van der Waals surface area contributed by atoms with Crippen molar-refractivity contribution in [1.29, 1.82) is 0 Å². The van der Waals surface area contributed by atoms with Gasteiger partial charge in [-0.05, 0) is 38.1 Å². The SMILES string of the molecule is Cc1ccc(CN(C)c2ccc([C@H](C)N)nc2)o1. The summed E-state index contributed by atoms with van der Waals surface area (Å²) in [4.78, 5) is 6.44. The molecule has 4 nitrogen and oxygen atoms in total. The van der Waals surface area contributed by atoms with Crippen LogP contribution in [0.3, 0.4) is 0 Å². The largest absolute Gasteiger partial charge is 0.464 e. The Morgan fingerprint density at radius 3 is 2.61 bits per heavy atom. The first-order chi connectivity index (χ1) is 8.56. The molecule has 0 saturated heterocycles. The highest BCUT2D eigenvalue weighted by Crippen LogP contribution is 2.17. The standard InChI is InChI=1S/C14H19N3O/c1-10-4-6-13(18-10)9-17(3)12-5-7-14(11(2)15)16-8-12/h4-8,11H,9,15H2,1-3H3/t11-/m0/s1. The van der Waals surface area contributed by atoms with Gasteiger partial charge in [-0.2, -0.15) is 0 Å². The number of furan rings is 1. The molecule has 96 valence electrons. The summed E-state index contributed by atoms with van der Waals surface area (Å²) in [7, 11) is 2.01. The molecule has 0 spiro atoms. The minimum Gasteiger partial charge on any atom is -0.464 e. The number of hydrogen-bond acceptors (Lipinski definition) is 4. The molecule has 0 aliphatic carbocycles. The first-order valence-electron chi connectivity index (χ1n) is 6.04. The van der Waals surface area contributed by atoms with E-state index < -0.39 is 0 Å². The molecule has 0 aliphatic heterocycles. The maximum absolute atomic E-state index is 5.78. The summed E-state index contributed by atoms with van der Waals surface area (Å²) >= 11 is 0. The molecule has 2 aromatic rings. The van der Waals surface area contributed by atoms with Gasteiger partial charge < -0.3 is 15.1 Å². The summed E-state index contributed by atoms with van der Waals surface area (Å²) in [5.41, 5.74) is 7.73. The molecular weight excluding hydrogens is 226 g/mol. The predicted molar refractivity (Wildman–Crippen MR) is 72.4 cm³/mol. The first kappa shape index (κ1) is 12.6. The van der Waals surface area contributed by atoms with E-state index in [-0.39, 0.29) is 6.04 Å². The normalized spacial score (nSPS) is 12.4. The average molecular weight is 245 g/mol. The van der Waals surface area contributed by atoms with Crippen molar-refractivity contribution in [1.82, 2.24) is 4.98 Å². The van der Waals surface area contributed by atoms with E-state index in [1.807, 2.05) is 51.4 Å². The second-order valence-electron chi connectivity index (χ2n) is 4.60. The van der Waals surface area contributed by atoms with Crippen molar-refractivity contribution >= 4 is 5.69 Å². The zero-order chi connectivity index (χ0) is 13.1. The van der Waals surface area contributed by atoms with E-state index in [9.17, 15) is 0 Å². The minimum absolute atomic E-state index is 0.0305. The van der Waals surface area contributed by atoms with E-state index >= 15 is 0 Å². The highest BCUT2D eigenvalue weighted by molar-refractivity contribution is 5.44. The van der Waals surface area contributed by atoms with Gasteiger partial charge >= 0.3 is 0 Å². The first-order valence-corrected chi connectivity index (χ1v) is 6.04. The van der Waals surface area contributed by atoms with Gasteiger partial charge in [0.25, 0.3) is 0 Å². The highest BCUT2D eigenvalue weighted by atomic mass is 16.3. The Morgan fingerprint density at radius 2 is 2.11 bits per heavy atom. The zero-order valence-electron chi connectivity index (χ0n) is 11.1. The van der Waals surface area contributed by atoms with Crippen LogP contribution in [0, 0.1) is 6.92 Å². The number of pyridine rings is 1. The number of aromatic nitrogens is 1. The molecule has 4 heteroatoms. The van der Waals surface area contributed by atoms with Crippen molar-refractivity contribution in [3.63, 3.8) is 0 Å². The molecule has 18 heavy (non-hydrogen) atoms. The van der Waals surface area contributed by atoms with Crippen LogP contribution in [0.15, 0.2) is 34.9 Å². The molecule has 0 radical (unpaired) electrons. The Balaban J connectivity index is 2.06. The average Bonchev–Trinajstić information content (AvgIpc) is 2.75. The van der Waals surface area contributed by atoms with Crippen LogP contribution in [0.2, 0.25) is 0 Å². The number of rotatable bonds is 4. The molecule has 0 aromatic carbocycles. The van der Waals surface area contributed by atoms with Crippen molar-refractivity contribution in [3.05, 3.63) is 47.7 Å². The van der Waals surface area contributed by atoms with E-state index in [1.54, 1.807) is 0 Å². The number of hydrogen-bond donors (Lipinski definition) is 1. The van der Waals surface area contributed by atoms with Gasteiger partial charge in [0.15, 0.2) is 0 Å². The Labute approximate surface area is 107 Å². The molecule has 2 heterocycles. The lowest BCUT2D eigenvalue weighted by Crippen LogP contribution is -2.16. The van der Waals surface area contributed by atoms with Crippen molar-refractivity contribution in [3.8, 4) is 0 Å². The van der Waals surface area contributed by atoms with E-state index in [1.165, 1.54) is 0 Å². The lowest BCUT2D eigenvalue weighted by atomic mass is 10.2. The van der Waals surface area contributed by atoms with Crippen LogP contribution in [0.5, 0.6) is 0 Å². The zero-order valence-corrected chi connectivity index (χ0v) is 11.1. The van der Waals surface area contributed by atoms with E-state index in [4.69, 9.17) is 10.2 Å². The van der Waals surface area contributed by atoms with E-state index in [0.717, 1.165) is 29.4 Å². The maximum Gasteiger partial charge on any atom is 0.123 e. The van der Waals surface area contributed by atoms with E-state index in [0.29, 0.717) is 0 Å². The summed E-state index contributed by atoms with van der Waals surface area (Å²) in [6.07, 6.45) is 1.84. The summed E-state index contributed by atoms with van der Waals surface area (Å²) in [6.45, 7) is 4.60. The second kappa shape index (κ2) is 5.23. The van der Waals surface area contributed by atoms with Gasteiger partial charge in [-0.25, -0.2) is 0 Å². The van der Waals surface area contributed by atoms with Gasteiger partial charge in [-0.15, -0.1) is 0 Å². The molecular formula is C14H19N3O. The van der Waals surface area contributed by atoms with Gasteiger partial charge in [0.2, 0.25) is 0 Å². The summed E-state index contributed by atoms with van der Waals surface area (Å²) in [6, 6.07) is 7.93. The number of aryl methyl sites for hydroxylation is 1. The third-order valence-electron chi connectivity index (χ3n) is 2.87. The summed E-state index contributed by atoms with van der Waals surface area (Å²) in [5, 5.41) is 0. The Bertz CT molecular complexity index is 502. The number of nitrogens with two attached hydrogens (primary N) is 1. The van der Waals surface area contributed by atoms with Crippen LogP contribution in [-0.2, 0) is 6.54 Å². The van der Waals surface area contributed by atoms with E-state index in [2.05, 4.69) is 9.88 Å². The number of nitrogens with zero attached hydrogens (tertiary/aromatic N) is 2. The van der Waals surface area contributed by atoms with Crippen molar-refractivity contribution in [2.45, 2.75) is 26.4 Å².